The normalized spacial score (nSPS) is 15.8. The number of amides is 1. The second kappa shape index (κ2) is 9.70. The summed E-state index contributed by atoms with van der Waals surface area (Å²) in [4.78, 5) is 14.5. The van der Waals surface area contributed by atoms with E-state index in [1.165, 1.54) is 18.2 Å². The van der Waals surface area contributed by atoms with Crippen molar-refractivity contribution in [1.29, 1.82) is 0 Å². The van der Waals surface area contributed by atoms with Crippen molar-refractivity contribution in [3.63, 3.8) is 0 Å². The molecule has 1 amide bonds. The third-order valence-electron chi connectivity index (χ3n) is 5.44. The van der Waals surface area contributed by atoms with Gasteiger partial charge < -0.3 is 10.1 Å². The minimum Gasteiger partial charge on any atom is -0.379 e. The number of alkyl halides is 3. The highest BCUT2D eigenvalue weighted by Crippen LogP contribution is 2.31. The maximum Gasteiger partial charge on any atom is 0.416 e. The molecule has 0 aliphatic carbocycles. The van der Waals surface area contributed by atoms with Gasteiger partial charge in [-0.3, -0.25) is 14.4 Å². The maximum absolute atomic E-state index is 13.0. The van der Waals surface area contributed by atoms with Gasteiger partial charge in [-0.25, -0.2) is 8.42 Å². The van der Waals surface area contributed by atoms with Crippen LogP contribution in [0.25, 0.3) is 0 Å². The predicted molar refractivity (Wildman–Crippen MR) is 117 cm³/mol. The summed E-state index contributed by atoms with van der Waals surface area (Å²) in [5.41, 5.74) is -1.41. The van der Waals surface area contributed by atoms with Crippen LogP contribution in [-0.4, -0.2) is 57.6 Å². The van der Waals surface area contributed by atoms with E-state index >= 15 is 0 Å². The Labute approximate surface area is 191 Å². The number of para-hydroxylation sites is 1. The first kappa shape index (κ1) is 25.0. The highest BCUT2D eigenvalue weighted by Gasteiger charge is 2.32. The van der Waals surface area contributed by atoms with Crippen LogP contribution in [0.15, 0.2) is 53.4 Å². The van der Waals surface area contributed by atoms with Gasteiger partial charge in [0.05, 0.1) is 34.9 Å². The lowest BCUT2D eigenvalue weighted by Gasteiger charge is -2.40. The summed E-state index contributed by atoms with van der Waals surface area (Å²) in [5, 5.41) is 2.83. The third-order valence-corrected chi connectivity index (χ3v) is 6.80. The van der Waals surface area contributed by atoms with E-state index in [1.54, 1.807) is 6.07 Å². The Balaban J connectivity index is 1.77. The second-order valence-corrected chi connectivity index (χ2v) is 9.95. The van der Waals surface area contributed by atoms with Crippen LogP contribution in [0.3, 0.4) is 0 Å². The molecule has 1 aliphatic heterocycles. The van der Waals surface area contributed by atoms with E-state index < -0.39 is 32.6 Å². The van der Waals surface area contributed by atoms with Crippen LogP contribution in [0, 0.1) is 0 Å². The van der Waals surface area contributed by atoms with Crippen molar-refractivity contribution in [2.75, 3.05) is 37.6 Å². The second-order valence-electron chi connectivity index (χ2n) is 8.27. The average molecular weight is 486 g/mol. The van der Waals surface area contributed by atoms with Crippen molar-refractivity contribution in [2.45, 2.75) is 30.5 Å². The van der Waals surface area contributed by atoms with Crippen LogP contribution in [0.1, 0.15) is 29.8 Å². The summed E-state index contributed by atoms with van der Waals surface area (Å²) in [5.74, 6) is -0.501. The molecular weight excluding hydrogens is 459 g/mol. The van der Waals surface area contributed by atoms with Crippen molar-refractivity contribution < 1.29 is 31.1 Å². The molecule has 33 heavy (non-hydrogen) atoms. The summed E-state index contributed by atoms with van der Waals surface area (Å²) < 4.78 is 72.1. The van der Waals surface area contributed by atoms with Gasteiger partial charge in [-0.2, -0.15) is 13.2 Å². The van der Waals surface area contributed by atoms with Crippen LogP contribution < -0.4 is 10.0 Å². The van der Waals surface area contributed by atoms with Crippen molar-refractivity contribution in [2.24, 2.45) is 0 Å². The molecule has 2 N–H and O–H groups in total. The number of carbonyl (C=O) groups is 1. The van der Waals surface area contributed by atoms with Crippen LogP contribution in [0.5, 0.6) is 0 Å². The van der Waals surface area contributed by atoms with Gasteiger partial charge in [0.1, 0.15) is 0 Å². The molecule has 3 rings (SSSR count). The lowest BCUT2D eigenvalue weighted by atomic mass is 10.0. The number of halogens is 3. The fourth-order valence-corrected chi connectivity index (χ4v) is 4.61. The van der Waals surface area contributed by atoms with Gasteiger partial charge in [0, 0.05) is 25.2 Å². The molecule has 0 unspecified atom stereocenters. The monoisotopic (exact) mass is 485 g/mol. The highest BCUT2D eigenvalue weighted by molar-refractivity contribution is 7.92. The van der Waals surface area contributed by atoms with E-state index in [-0.39, 0.29) is 16.8 Å². The zero-order valence-corrected chi connectivity index (χ0v) is 19.1. The summed E-state index contributed by atoms with van der Waals surface area (Å²) in [6.07, 6.45) is -4.68. The quantitative estimate of drug-likeness (QED) is 0.628. The first-order chi connectivity index (χ1) is 15.4. The predicted octanol–water partition coefficient (Wildman–Crippen LogP) is 3.35. The number of anilines is 1. The van der Waals surface area contributed by atoms with E-state index in [0.29, 0.717) is 25.8 Å². The van der Waals surface area contributed by atoms with Gasteiger partial charge in [0.2, 0.25) is 0 Å². The highest BCUT2D eigenvalue weighted by atomic mass is 32.2. The van der Waals surface area contributed by atoms with Crippen LogP contribution in [0.2, 0.25) is 0 Å². The Morgan fingerprint density at radius 3 is 2.39 bits per heavy atom. The number of benzene rings is 2. The average Bonchev–Trinajstić information content (AvgIpc) is 2.78. The fourth-order valence-electron chi connectivity index (χ4n) is 3.49. The zero-order valence-electron chi connectivity index (χ0n) is 18.3. The van der Waals surface area contributed by atoms with Crippen LogP contribution in [0.4, 0.5) is 18.9 Å². The Morgan fingerprint density at radius 2 is 1.73 bits per heavy atom. The van der Waals surface area contributed by atoms with Gasteiger partial charge in [0.25, 0.3) is 15.9 Å². The molecule has 2 aromatic carbocycles. The maximum atomic E-state index is 13.0. The molecule has 1 saturated heterocycles. The number of hydrogen-bond donors (Lipinski definition) is 2. The smallest absolute Gasteiger partial charge is 0.379 e. The van der Waals surface area contributed by atoms with E-state index in [9.17, 15) is 26.4 Å². The zero-order chi connectivity index (χ0) is 24.3. The van der Waals surface area contributed by atoms with Gasteiger partial charge >= 0.3 is 6.18 Å². The first-order valence-electron chi connectivity index (χ1n) is 10.3. The van der Waals surface area contributed by atoms with Gasteiger partial charge in [-0.15, -0.1) is 0 Å². The number of hydrogen-bond acceptors (Lipinski definition) is 5. The van der Waals surface area contributed by atoms with Crippen LogP contribution >= 0.6 is 0 Å². The molecule has 180 valence electrons. The standard InChI is InChI=1S/C22H26F3N3O4S/c1-21(2,28-10-12-32-13-11-28)15-26-20(29)18-8-3-4-9-19(18)27-33(30,31)17-7-5-6-16(14-17)22(23,24)25/h3-9,14,27H,10-13,15H2,1-2H3,(H,26,29). The third kappa shape index (κ3) is 6.24. The Morgan fingerprint density at radius 1 is 1.06 bits per heavy atom. The SMILES string of the molecule is CC(C)(CNC(=O)c1ccccc1NS(=O)(=O)c1cccc(C(F)(F)F)c1)N1CCOCC1. The van der Waals surface area contributed by atoms with Gasteiger partial charge in [-0.05, 0) is 44.2 Å². The first-order valence-corrected chi connectivity index (χ1v) is 11.8. The van der Waals surface area contributed by atoms with E-state index in [0.717, 1.165) is 31.3 Å². The number of carbonyl (C=O) groups excluding carboxylic acids is 1. The largest absolute Gasteiger partial charge is 0.416 e. The molecule has 1 fully saturated rings. The number of rotatable bonds is 7. The van der Waals surface area contributed by atoms with Gasteiger partial charge in [-0.1, -0.05) is 18.2 Å². The minimum absolute atomic E-state index is 0.0309. The molecule has 0 saturated carbocycles. The number of nitrogens with zero attached hydrogens (tertiary/aromatic N) is 1. The Hall–Kier alpha value is -2.63. The number of ether oxygens (including phenoxy) is 1. The van der Waals surface area contributed by atoms with Crippen molar-refractivity contribution in [1.82, 2.24) is 10.2 Å². The number of morpholine rings is 1. The molecule has 11 heteroatoms. The topological polar surface area (TPSA) is 87.7 Å². The Bertz CT molecular complexity index is 1100. The van der Waals surface area contributed by atoms with Crippen molar-refractivity contribution >= 4 is 21.6 Å². The molecule has 2 aromatic rings. The van der Waals surface area contributed by atoms with Gasteiger partial charge in [0.15, 0.2) is 0 Å². The lowest BCUT2D eigenvalue weighted by molar-refractivity contribution is -0.137. The van der Waals surface area contributed by atoms with E-state index in [2.05, 4.69) is 14.9 Å². The molecule has 0 aromatic heterocycles. The minimum atomic E-state index is -4.68. The summed E-state index contributed by atoms with van der Waals surface area (Å²) in [6, 6.07) is 9.35. The molecule has 0 spiro atoms. The number of sulfonamides is 1. The van der Waals surface area contributed by atoms with Crippen molar-refractivity contribution in [3.05, 3.63) is 59.7 Å². The Kier molecular flexibility index (Phi) is 7.35. The number of nitrogens with one attached hydrogen (secondary N) is 2. The molecule has 0 bridgehead atoms. The molecule has 1 heterocycles. The van der Waals surface area contributed by atoms with E-state index in [1.807, 2.05) is 13.8 Å². The van der Waals surface area contributed by atoms with E-state index in [4.69, 9.17) is 4.74 Å². The summed E-state index contributed by atoms with van der Waals surface area (Å²) in [7, 11) is -4.36. The fraction of sp³-hybridized carbons (Fsp3) is 0.409. The molecular formula is C22H26F3N3O4S. The molecule has 0 atom stereocenters. The molecule has 1 aliphatic rings. The summed E-state index contributed by atoms with van der Waals surface area (Å²) in [6.45, 7) is 6.96. The van der Waals surface area contributed by atoms with Crippen molar-refractivity contribution in [3.8, 4) is 0 Å². The summed E-state index contributed by atoms with van der Waals surface area (Å²) >= 11 is 0. The molecule has 7 nitrogen and oxygen atoms in total. The molecule has 0 radical (unpaired) electrons. The lowest BCUT2D eigenvalue weighted by Crippen LogP contribution is -2.55. The van der Waals surface area contributed by atoms with Crippen LogP contribution in [-0.2, 0) is 20.9 Å².